The van der Waals surface area contributed by atoms with Crippen molar-refractivity contribution in [2.24, 2.45) is 5.41 Å². The summed E-state index contributed by atoms with van der Waals surface area (Å²) in [5, 5.41) is 9.22. The number of carboxylic acids is 1. The van der Waals surface area contributed by atoms with Crippen LogP contribution in [0.25, 0.3) is 0 Å². The highest BCUT2D eigenvalue weighted by Crippen LogP contribution is 2.23. The number of hydrogen-bond acceptors (Lipinski definition) is 3. The van der Waals surface area contributed by atoms with Gasteiger partial charge in [0.1, 0.15) is 6.04 Å². The minimum absolute atomic E-state index is 0.119. The van der Waals surface area contributed by atoms with Gasteiger partial charge in [-0.1, -0.05) is 32.9 Å². The van der Waals surface area contributed by atoms with E-state index in [0.29, 0.717) is 5.56 Å². The second-order valence-corrected chi connectivity index (χ2v) is 7.71. The van der Waals surface area contributed by atoms with E-state index < -0.39 is 27.4 Å². The van der Waals surface area contributed by atoms with Crippen molar-refractivity contribution in [1.82, 2.24) is 4.72 Å². The van der Waals surface area contributed by atoms with Gasteiger partial charge < -0.3 is 5.11 Å². The van der Waals surface area contributed by atoms with Gasteiger partial charge in [-0.25, -0.2) is 8.42 Å². The quantitative estimate of drug-likeness (QED) is 0.891. The molecule has 0 radical (unpaired) electrons. The number of aryl methyl sites for hydroxylation is 2. The van der Waals surface area contributed by atoms with Gasteiger partial charge in [0.25, 0.3) is 0 Å². The molecule has 0 fully saturated rings. The third-order valence-corrected chi connectivity index (χ3v) is 4.58. The lowest BCUT2D eigenvalue weighted by molar-refractivity contribution is -0.141. The molecular weight excluding hydrogens is 278 g/mol. The molecule has 0 heterocycles. The summed E-state index contributed by atoms with van der Waals surface area (Å²) in [5.74, 6) is -1.19. The molecule has 1 unspecified atom stereocenters. The number of rotatable bonds is 4. The minimum Gasteiger partial charge on any atom is -0.480 e. The number of aliphatic carboxylic acids is 1. The second kappa shape index (κ2) is 5.54. The van der Waals surface area contributed by atoms with Gasteiger partial charge >= 0.3 is 5.97 Å². The number of carbonyl (C=O) groups is 1. The first kappa shape index (κ1) is 16.7. The van der Waals surface area contributed by atoms with E-state index in [2.05, 4.69) is 4.72 Å². The van der Waals surface area contributed by atoms with E-state index in [9.17, 15) is 18.3 Å². The Morgan fingerprint density at radius 3 is 2.25 bits per heavy atom. The zero-order valence-corrected chi connectivity index (χ0v) is 13.2. The van der Waals surface area contributed by atoms with E-state index in [4.69, 9.17) is 0 Å². The highest BCUT2D eigenvalue weighted by Gasteiger charge is 2.35. The van der Waals surface area contributed by atoms with Crippen LogP contribution in [0.5, 0.6) is 0 Å². The van der Waals surface area contributed by atoms with Gasteiger partial charge in [0.05, 0.1) is 4.90 Å². The van der Waals surface area contributed by atoms with E-state index in [1.54, 1.807) is 46.8 Å². The van der Waals surface area contributed by atoms with E-state index in [1.807, 2.05) is 6.07 Å². The molecule has 112 valence electrons. The Labute approximate surface area is 120 Å². The molecule has 5 nitrogen and oxygen atoms in total. The smallest absolute Gasteiger partial charge is 0.322 e. The van der Waals surface area contributed by atoms with Gasteiger partial charge in [-0.05, 0) is 36.5 Å². The summed E-state index contributed by atoms with van der Waals surface area (Å²) < 4.78 is 27.1. The summed E-state index contributed by atoms with van der Waals surface area (Å²) >= 11 is 0. The summed E-state index contributed by atoms with van der Waals surface area (Å²) in [7, 11) is -3.87. The molecule has 20 heavy (non-hydrogen) atoms. The normalized spacial score (nSPS) is 14.1. The summed E-state index contributed by atoms with van der Waals surface area (Å²) in [6.07, 6.45) is 0. The molecule has 0 saturated heterocycles. The van der Waals surface area contributed by atoms with Crippen LogP contribution in [0.2, 0.25) is 0 Å². The van der Waals surface area contributed by atoms with Crippen molar-refractivity contribution in [2.75, 3.05) is 0 Å². The van der Waals surface area contributed by atoms with E-state index >= 15 is 0 Å². The van der Waals surface area contributed by atoms with Crippen molar-refractivity contribution >= 4 is 16.0 Å². The van der Waals surface area contributed by atoms with Crippen LogP contribution in [0.4, 0.5) is 0 Å². The van der Waals surface area contributed by atoms with Gasteiger partial charge in [-0.2, -0.15) is 4.72 Å². The molecule has 0 aliphatic heterocycles. The molecule has 0 spiro atoms. The summed E-state index contributed by atoms with van der Waals surface area (Å²) in [4.78, 5) is 11.4. The SMILES string of the molecule is Cc1ccc(C)c(S(=O)(=O)NC(C(=O)O)C(C)(C)C)c1. The van der Waals surface area contributed by atoms with E-state index in [1.165, 1.54) is 0 Å². The fourth-order valence-corrected chi connectivity index (χ4v) is 3.54. The van der Waals surface area contributed by atoms with Crippen molar-refractivity contribution in [2.45, 2.75) is 45.6 Å². The maximum Gasteiger partial charge on any atom is 0.322 e. The fraction of sp³-hybridized carbons (Fsp3) is 0.500. The number of carboxylic acid groups (broad SMARTS) is 1. The predicted molar refractivity (Wildman–Crippen MR) is 77.1 cm³/mol. The Hall–Kier alpha value is -1.40. The molecule has 1 aromatic carbocycles. The molecule has 0 aliphatic carbocycles. The third-order valence-electron chi connectivity index (χ3n) is 3.02. The molecule has 1 rings (SSSR count). The highest BCUT2D eigenvalue weighted by atomic mass is 32.2. The number of hydrogen-bond donors (Lipinski definition) is 2. The highest BCUT2D eigenvalue weighted by molar-refractivity contribution is 7.89. The Balaban J connectivity index is 3.24. The largest absolute Gasteiger partial charge is 0.480 e. The third kappa shape index (κ3) is 3.80. The molecule has 0 saturated carbocycles. The van der Waals surface area contributed by atoms with E-state index in [0.717, 1.165) is 5.56 Å². The van der Waals surface area contributed by atoms with Crippen LogP contribution in [-0.4, -0.2) is 25.5 Å². The molecule has 0 amide bonds. The zero-order valence-electron chi connectivity index (χ0n) is 12.4. The molecule has 6 heteroatoms. The average Bonchev–Trinajstić information content (AvgIpc) is 2.27. The molecule has 2 N–H and O–H groups in total. The van der Waals surface area contributed by atoms with Gasteiger partial charge in [0, 0.05) is 0 Å². The van der Waals surface area contributed by atoms with Gasteiger partial charge in [0.15, 0.2) is 0 Å². The van der Waals surface area contributed by atoms with Crippen molar-refractivity contribution in [3.05, 3.63) is 29.3 Å². The van der Waals surface area contributed by atoms with Crippen molar-refractivity contribution < 1.29 is 18.3 Å². The molecule has 1 aromatic rings. The molecule has 1 atom stereocenters. The first-order valence-corrected chi connectivity index (χ1v) is 7.76. The monoisotopic (exact) mass is 299 g/mol. The average molecular weight is 299 g/mol. The van der Waals surface area contributed by atoms with Crippen LogP contribution < -0.4 is 4.72 Å². The minimum atomic E-state index is -3.87. The van der Waals surface area contributed by atoms with Gasteiger partial charge in [0.2, 0.25) is 10.0 Å². The fourth-order valence-electron chi connectivity index (χ4n) is 1.81. The number of sulfonamides is 1. The molecule has 0 aliphatic rings. The molecular formula is C14H21NO4S. The van der Waals surface area contributed by atoms with Crippen molar-refractivity contribution in [1.29, 1.82) is 0 Å². The lowest BCUT2D eigenvalue weighted by Crippen LogP contribution is -2.49. The van der Waals surface area contributed by atoms with Crippen LogP contribution in [0.15, 0.2) is 23.1 Å². The molecule has 0 bridgehead atoms. The topological polar surface area (TPSA) is 83.5 Å². The van der Waals surface area contributed by atoms with Crippen LogP contribution in [0, 0.1) is 19.3 Å². The Kier molecular flexibility index (Phi) is 4.61. The predicted octanol–water partition coefficient (Wildman–Crippen LogP) is 2.08. The van der Waals surface area contributed by atoms with E-state index in [-0.39, 0.29) is 4.90 Å². The Morgan fingerprint density at radius 1 is 1.25 bits per heavy atom. The van der Waals surface area contributed by atoms with Crippen LogP contribution in [0.3, 0.4) is 0 Å². The maximum absolute atomic E-state index is 12.4. The Bertz CT molecular complexity index is 615. The van der Waals surface area contributed by atoms with Crippen LogP contribution in [-0.2, 0) is 14.8 Å². The number of nitrogens with one attached hydrogen (secondary N) is 1. The summed E-state index contributed by atoms with van der Waals surface area (Å²) in [5.41, 5.74) is 0.663. The first-order chi connectivity index (χ1) is 8.95. The Morgan fingerprint density at radius 2 is 1.80 bits per heavy atom. The zero-order chi connectivity index (χ0) is 15.7. The van der Waals surface area contributed by atoms with Crippen molar-refractivity contribution in [3.63, 3.8) is 0 Å². The van der Waals surface area contributed by atoms with Gasteiger partial charge in [-0.3, -0.25) is 4.79 Å². The summed E-state index contributed by atoms with van der Waals surface area (Å²) in [6.45, 7) is 8.50. The lowest BCUT2D eigenvalue weighted by atomic mass is 9.88. The van der Waals surface area contributed by atoms with Gasteiger partial charge in [-0.15, -0.1) is 0 Å². The van der Waals surface area contributed by atoms with Crippen LogP contribution in [0.1, 0.15) is 31.9 Å². The summed E-state index contributed by atoms with van der Waals surface area (Å²) in [6, 6.07) is 3.87. The van der Waals surface area contributed by atoms with Crippen LogP contribution >= 0.6 is 0 Å². The first-order valence-electron chi connectivity index (χ1n) is 6.27. The maximum atomic E-state index is 12.4. The standard InChI is InChI=1S/C14H21NO4S/c1-9-6-7-10(2)11(8-9)20(18,19)15-12(13(16)17)14(3,4)5/h6-8,12,15H,1-5H3,(H,16,17). The molecule has 0 aromatic heterocycles. The number of benzene rings is 1. The van der Waals surface area contributed by atoms with Crippen molar-refractivity contribution in [3.8, 4) is 0 Å². The lowest BCUT2D eigenvalue weighted by Gasteiger charge is -2.27. The second-order valence-electron chi connectivity index (χ2n) is 6.03.